The summed E-state index contributed by atoms with van der Waals surface area (Å²) >= 11 is 13.4. The van der Waals surface area contributed by atoms with Crippen LogP contribution in [-0.2, 0) is 4.79 Å². The Hall–Kier alpha value is -1.16. The van der Waals surface area contributed by atoms with E-state index in [1.165, 1.54) is 5.56 Å². The van der Waals surface area contributed by atoms with E-state index in [4.69, 9.17) is 23.2 Å². The summed E-state index contributed by atoms with van der Waals surface area (Å²) in [6, 6.07) is 13.3. The maximum atomic E-state index is 11.2. The first-order chi connectivity index (χ1) is 9.60. The van der Waals surface area contributed by atoms with Crippen LogP contribution in [0.4, 0.5) is 5.69 Å². The Labute approximate surface area is 132 Å². The van der Waals surface area contributed by atoms with E-state index in [-0.39, 0.29) is 0 Å². The molecule has 0 atom stereocenters. The van der Waals surface area contributed by atoms with Crippen molar-refractivity contribution in [3.05, 3.63) is 58.1 Å². The quantitative estimate of drug-likeness (QED) is 0.437. The number of benzene rings is 2. The lowest BCUT2D eigenvalue weighted by atomic mass is 10.2. The molecule has 0 bridgehead atoms. The van der Waals surface area contributed by atoms with Crippen LogP contribution in [0.1, 0.15) is 5.56 Å². The molecule has 2 rings (SSSR count). The number of amides is 1. The van der Waals surface area contributed by atoms with Crippen LogP contribution in [0.25, 0.3) is 0 Å². The average Bonchev–Trinajstić information content (AvgIpc) is 2.45. The van der Waals surface area contributed by atoms with Gasteiger partial charge in [0.1, 0.15) is 0 Å². The summed E-state index contributed by atoms with van der Waals surface area (Å²) < 4.78 is 0. The van der Waals surface area contributed by atoms with Gasteiger partial charge in [0.15, 0.2) is 0 Å². The fourth-order valence-electron chi connectivity index (χ4n) is 1.61. The van der Waals surface area contributed by atoms with Crippen LogP contribution < -0.4 is 4.90 Å². The monoisotopic (exact) mass is 325 g/mol. The van der Waals surface area contributed by atoms with Crippen LogP contribution in [0, 0.1) is 6.92 Å². The van der Waals surface area contributed by atoms with Gasteiger partial charge in [0.25, 0.3) is 0 Å². The number of carbonyl (C=O) groups is 1. The predicted octanol–water partition coefficient (Wildman–Crippen LogP) is 5.01. The van der Waals surface area contributed by atoms with Crippen molar-refractivity contribution in [3.8, 4) is 0 Å². The molecule has 0 aliphatic carbocycles. The lowest BCUT2D eigenvalue weighted by Gasteiger charge is -2.17. The number of aryl methyl sites for hydroxylation is 1. The first-order valence-corrected chi connectivity index (χ1v) is 7.71. The Morgan fingerprint density at radius 2 is 1.80 bits per heavy atom. The van der Waals surface area contributed by atoms with E-state index in [0.717, 1.165) is 17.0 Å². The third kappa shape index (κ3) is 3.92. The van der Waals surface area contributed by atoms with E-state index in [2.05, 4.69) is 0 Å². The zero-order valence-electron chi connectivity index (χ0n) is 10.8. The summed E-state index contributed by atoms with van der Waals surface area (Å²) in [7, 11) is 0. The third-order valence-electron chi connectivity index (χ3n) is 2.75. The lowest BCUT2D eigenvalue weighted by molar-refractivity contribution is -0.107. The Bertz CT molecular complexity index is 601. The van der Waals surface area contributed by atoms with Crippen molar-refractivity contribution in [2.75, 3.05) is 10.8 Å². The molecule has 0 radical (unpaired) electrons. The molecule has 2 aromatic carbocycles. The van der Waals surface area contributed by atoms with E-state index in [1.807, 2.05) is 31.2 Å². The van der Waals surface area contributed by atoms with E-state index < -0.39 is 0 Å². The summed E-state index contributed by atoms with van der Waals surface area (Å²) in [4.78, 5) is 13.9. The number of hydrogen-bond acceptors (Lipinski definition) is 2. The fourth-order valence-corrected chi connectivity index (χ4v) is 2.73. The van der Waals surface area contributed by atoms with Gasteiger partial charge in [-0.05, 0) is 37.3 Å². The van der Waals surface area contributed by atoms with Gasteiger partial charge < -0.3 is 4.90 Å². The highest BCUT2D eigenvalue weighted by Gasteiger charge is 2.08. The molecule has 5 heteroatoms. The highest BCUT2D eigenvalue weighted by molar-refractivity contribution is 7.99. The van der Waals surface area contributed by atoms with Crippen LogP contribution in [0.3, 0.4) is 0 Å². The van der Waals surface area contributed by atoms with Gasteiger partial charge in [0.2, 0.25) is 6.41 Å². The Balaban J connectivity index is 2.07. The van der Waals surface area contributed by atoms with Crippen molar-refractivity contribution in [1.29, 1.82) is 0 Å². The van der Waals surface area contributed by atoms with E-state index in [9.17, 15) is 4.79 Å². The molecule has 0 saturated carbocycles. The molecule has 0 aliphatic heterocycles. The summed E-state index contributed by atoms with van der Waals surface area (Å²) in [6.45, 7) is 2.04. The van der Waals surface area contributed by atoms with Crippen LogP contribution >= 0.6 is 35.0 Å². The van der Waals surface area contributed by atoms with Gasteiger partial charge >= 0.3 is 0 Å². The highest BCUT2D eigenvalue weighted by Crippen LogP contribution is 2.28. The summed E-state index contributed by atoms with van der Waals surface area (Å²) in [6.07, 6.45) is 0.792. The van der Waals surface area contributed by atoms with Gasteiger partial charge in [-0.25, -0.2) is 0 Å². The minimum absolute atomic E-state index is 0.441. The second-order valence-electron chi connectivity index (χ2n) is 4.26. The van der Waals surface area contributed by atoms with Gasteiger partial charge in [0.05, 0.1) is 15.9 Å². The summed E-state index contributed by atoms with van der Waals surface area (Å²) in [5.41, 5.74) is 1.94. The first kappa shape index (κ1) is 15.2. The zero-order chi connectivity index (χ0) is 14.5. The van der Waals surface area contributed by atoms with E-state index >= 15 is 0 Å². The number of rotatable bonds is 5. The molecule has 0 spiro atoms. The second kappa shape index (κ2) is 7.02. The SMILES string of the molecule is Cc1ccc(SCN(C=O)c2ccc(Cl)c(Cl)c2)cc1. The Kier molecular flexibility index (Phi) is 5.35. The van der Waals surface area contributed by atoms with E-state index in [0.29, 0.717) is 15.9 Å². The Morgan fingerprint density at radius 3 is 2.40 bits per heavy atom. The number of thioether (sulfide) groups is 1. The molecule has 2 aromatic rings. The topological polar surface area (TPSA) is 20.3 Å². The van der Waals surface area contributed by atoms with Crippen molar-refractivity contribution in [2.45, 2.75) is 11.8 Å². The highest BCUT2D eigenvalue weighted by atomic mass is 35.5. The maximum absolute atomic E-state index is 11.2. The fraction of sp³-hybridized carbons (Fsp3) is 0.133. The molecule has 104 valence electrons. The second-order valence-corrected chi connectivity index (χ2v) is 6.09. The molecule has 20 heavy (non-hydrogen) atoms. The molecule has 2 nitrogen and oxygen atoms in total. The van der Waals surface area contributed by atoms with Gasteiger partial charge in [-0.3, -0.25) is 4.79 Å². The molecule has 0 N–H and O–H groups in total. The van der Waals surface area contributed by atoms with Crippen LogP contribution in [0.15, 0.2) is 47.4 Å². The standard InChI is InChI=1S/C15H13Cl2NOS/c1-11-2-5-13(6-3-11)20-10-18(9-19)12-4-7-14(16)15(17)8-12/h2-9H,10H2,1H3. The molecule has 0 aliphatic rings. The number of hydrogen-bond donors (Lipinski definition) is 0. The maximum Gasteiger partial charge on any atom is 0.214 e. The minimum atomic E-state index is 0.441. The van der Waals surface area contributed by atoms with Crippen molar-refractivity contribution < 1.29 is 4.79 Å². The van der Waals surface area contributed by atoms with Gasteiger partial charge in [-0.2, -0.15) is 0 Å². The first-order valence-electron chi connectivity index (χ1n) is 5.96. The number of carbonyl (C=O) groups excluding carboxylic acids is 1. The number of halogens is 2. The molecule has 0 saturated heterocycles. The molecule has 0 unspecified atom stereocenters. The average molecular weight is 326 g/mol. The van der Waals surface area contributed by atoms with Crippen LogP contribution in [0.5, 0.6) is 0 Å². The van der Waals surface area contributed by atoms with Crippen molar-refractivity contribution in [1.82, 2.24) is 0 Å². The minimum Gasteiger partial charge on any atom is -0.305 e. The smallest absolute Gasteiger partial charge is 0.214 e. The molecular weight excluding hydrogens is 313 g/mol. The van der Waals surface area contributed by atoms with Crippen LogP contribution in [-0.4, -0.2) is 12.3 Å². The van der Waals surface area contributed by atoms with Crippen molar-refractivity contribution in [2.24, 2.45) is 0 Å². The predicted molar refractivity (Wildman–Crippen MR) is 86.9 cm³/mol. The number of anilines is 1. The molecule has 0 fully saturated rings. The largest absolute Gasteiger partial charge is 0.305 e. The van der Waals surface area contributed by atoms with Crippen LogP contribution in [0.2, 0.25) is 10.0 Å². The molecular formula is C15H13Cl2NOS. The van der Waals surface area contributed by atoms with Crippen molar-refractivity contribution in [3.63, 3.8) is 0 Å². The lowest BCUT2D eigenvalue weighted by Crippen LogP contribution is -2.20. The van der Waals surface area contributed by atoms with E-state index in [1.54, 1.807) is 34.9 Å². The van der Waals surface area contributed by atoms with Gasteiger partial charge in [-0.1, -0.05) is 40.9 Å². The molecule has 0 aromatic heterocycles. The zero-order valence-corrected chi connectivity index (χ0v) is 13.2. The van der Waals surface area contributed by atoms with Gasteiger partial charge in [0, 0.05) is 10.6 Å². The summed E-state index contributed by atoms with van der Waals surface area (Å²) in [5.74, 6) is 0.518. The van der Waals surface area contributed by atoms with Gasteiger partial charge in [-0.15, -0.1) is 11.8 Å². The molecule has 0 heterocycles. The summed E-state index contributed by atoms with van der Waals surface area (Å²) in [5, 5.41) is 0.920. The van der Waals surface area contributed by atoms with Crippen molar-refractivity contribution >= 4 is 47.1 Å². The normalized spacial score (nSPS) is 10.3. The third-order valence-corrected chi connectivity index (χ3v) is 4.51. The Morgan fingerprint density at radius 1 is 1.10 bits per heavy atom. The molecule has 1 amide bonds. The number of nitrogens with zero attached hydrogens (tertiary/aromatic N) is 1.